The first-order chi connectivity index (χ1) is 16.1. The Kier molecular flexibility index (Phi) is 5.95. The standard InChI is InChI=1S/C23H25ClN8O/c1-29-21-5-3-2-4-20(21)26-23(29)31-12-10-30(11-13-31)22(33)14-18(15-32-16-25-27-28-32)17-6-8-19(24)9-7-17/h2-9,16,18H,10-15H2,1H3. The number of carbonyl (C=O) groups is 1. The molecule has 1 atom stereocenters. The van der Waals surface area contributed by atoms with E-state index in [2.05, 4.69) is 31.1 Å². The second kappa shape index (κ2) is 9.19. The van der Waals surface area contributed by atoms with Crippen molar-refractivity contribution in [1.29, 1.82) is 0 Å². The van der Waals surface area contributed by atoms with E-state index in [1.54, 1.807) is 11.0 Å². The van der Waals surface area contributed by atoms with Crippen LogP contribution in [-0.2, 0) is 18.4 Å². The van der Waals surface area contributed by atoms with Crippen LogP contribution >= 0.6 is 11.6 Å². The fourth-order valence-corrected chi connectivity index (χ4v) is 4.55. The summed E-state index contributed by atoms with van der Waals surface area (Å²) >= 11 is 6.06. The van der Waals surface area contributed by atoms with Gasteiger partial charge in [0.15, 0.2) is 0 Å². The highest BCUT2D eigenvalue weighted by atomic mass is 35.5. The van der Waals surface area contributed by atoms with E-state index in [1.807, 2.05) is 54.4 Å². The molecule has 9 nitrogen and oxygen atoms in total. The van der Waals surface area contributed by atoms with Crippen LogP contribution in [0.25, 0.3) is 11.0 Å². The Labute approximate surface area is 196 Å². The van der Waals surface area contributed by atoms with Crippen LogP contribution in [0, 0.1) is 0 Å². The lowest BCUT2D eigenvalue weighted by molar-refractivity contribution is -0.132. The first-order valence-electron chi connectivity index (χ1n) is 11.0. The number of hydrogen-bond donors (Lipinski definition) is 0. The largest absolute Gasteiger partial charge is 0.339 e. The number of rotatable bonds is 6. The Morgan fingerprint density at radius 1 is 1.06 bits per heavy atom. The summed E-state index contributed by atoms with van der Waals surface area (Å²) in [7, 11) is 2.04. The van der Waals surface area contributed by atoms with Gasteiger partial charge in [0.25, 0.3) is 0 Å². The van der Waals surface area contributed by atoms with Crippen molar-refractivity contribution < 1.29 is 4.79 Å². The molecule has 1 saturated heterocycles. The molecular weight excluding hydrogens is 440 g/mol. The SMILES string of the molecule is Cn1c(N2CCN(C(=O)CC(Cn3cnnn3)c3ccc(Cl)cc3)CC2)nc2ccccc21. The second-order valence-corrected chi connectivity index (χ2v) is 8.75. The smallest absolute Gasteiger partial charge is 0.223 e. The van der Waals surface area contributed by atoms with E-state index in [4.69, 9.17) is 16.6 Å². The number of anilines is 1. The molecule has 1 aliphatic heterocycles. The van der Waals surface area contributed by atoms with Crippen molar-refractivity contribution in [3.05, 3.63) is 65.4 Å². The number of imidazole rings is 1. The molecule has 33 heavy (non-hydrogen) atoms. The zero-order valence-electron chi connectivity index (χ0n) is 18.4. The number of para-hydroxylation sites is 2. The Morgan fingerprint density at radius 2 is 1.82 bits per heavy atom. The van der Waals surface area contributed by atoms with Crippen LogP contribution in [0.1, 0.15) is 17.9 Å². The number of benzene rings is 2. The highest BCUT2D eigenvalue weighted by molar-refractivity contribution is 6.30. The van der Waals surface area contributed by atoms with E-state index < -0.39 is 0 Å². The predicted octanol–water partition coefficient (Wildman–Crippen LogP) is 2.74. The average Bonchev–Trinajstić information content (AvgIpc) is 3.47. The summed E-state index contributed by atoms with van der Waals surface area (Å²) in [6.45, 7) is 3.36. The Hall–Kier alpha value is -3.46. The number of hydrogen-bond acceptors (Lipinski definition) is 6. The van der Waals surface area contributed by atoms with Crippen molar-refractivity contribution >= 4 is 34.5 Å². The Balaban J connectivity index is 1.26. The Bertz CT molecular complexity index is 1230. The van der Waals surface area contributed by atoms with Gasteiger partial charge < -0.3 is 14.4 Å². The third kappa shape index (κ3) is 4.54. The first kappa shape index (κ1) is 21.4. The number of aromatic nitrogens is 6. The minimum absolute atomic E-state index is 0.0452. The molecule has 0 saturated carbocycles. The number of fused-ring (bicyclic) bond motifs is 1. The van der Waals surface area contributed by atoms with E-state index in [-0.39, 0.29) is 11.8 Å². The van der Waals surface area contributed by atoms with E-state index in [1.165, 1.54) is 0 Å². The molecule has 5 rings (SSSR count). The van der Waals surface area contributed by atoms with Gasteiger partial charge in [0.2, 0.25) is 11.9 Å². The lowest BCUT2D eigenvalue weighted by atomic mass is 9.95. The average molecular weight is 465 g/mol. The van der Waals surface area contributed by atoms with Crippen LogP contribution in [0.15, 0.2) is 54.9 Å². The van der Waals surface area contributed by atoms with Gasteiger partial charge in [-0.05, 0) is 40.3 Å². The molecule has 170 valence electrons. The van der Waals surface area contributed by atoms with Crippen molar-refractivity contribution in [2.24, 2.45) is 7.05 Å². The predicted molar refractivity (Wildman–Crippen MR) is 126 cm³/mol. The van der Waals surface area contributed by atoms with Gasteiger partial charge in [-0.25, -0.2) is 9.67 Å². The third-order valence-corrected chi connectivity index (χ3v) is 6.49. The normalized spacial score (nSPS) is 15.2. The minimum Gasteiger partial charge on any atom is -0.339 e. The van der Waals surface area contributed by atoms with Crippen LogP contribution in [0.3, 0.4) is 0 Å². The molecule has 0 bridgehead atoms. The quantitative estimate of drug-likeness (QED) is 0.436. The maximum Gasteiger partial charge on any atom is 0.223 e. The van der Waals surface area contributed by atoms with Gasteiger partial charge in [-0.3, -0.25) is 4.79 Å². The number of aryl methyl sites for hydroxylation is 1. The maximum absolute atomic E-state index is 13.2. The summed E-state index contributed by atoms with van der Waals surface area (Å²) in [6.07, 6.45) is 1.96. The van der Waals surface area contributed by atoms with Crippen LogP contribution in [-0.4, -0.2) is 66.7 Å². The summed E-state index contributed by atoms with van der Waals surface area (Å²) < 4.78 is 3.78. The molecule has 1 aliphatic rings. The van der Waals surface area contributed by atoms with Crippen molar-refractivity contribution in [3.63, 3.8) is 0 Å². The molecule has 2 aromatic carbocycles. The number of nitrogens with zero attached hydrogens (tertiary/aromatic N) is 8. The zero-order valence-corrected chi connectivity index (χ0v) is 19.1. The molecule has 0 N–H and O–H groups in total. The molecule has 1 fully saturated rings. The van der Waals surface area contributed by atoms with E-state index >= 15 is 0 Å². The van der Waals surface area contributed by atoms with Crippen molar-refractivity contribution in [2.45, 2.75) is 18.9 Å². The molecular formula is C23H25ClN8O. The molecule has 4 aromatic rings. The highest BCUT2D eigenvalue weighted by Gasteiger charge is 2.26. The van der Waals surface area contributed by atoms with Gasteiger partial charge in [0.1, 0.15) is 6.33 Å². The van der Waals surface area contributed by atoms with Gasteiger partial charge in [0, 0.05) is 50.6 Å². The minimum atomic E-state index is -0.0452. The summed E-state index contributed by atoms with van der Waals surface area (Å²) in [5.74, 6) is 1.03. The summed E-state index contributed by atoms with van der Waals surface area (Å²) in [4.78, 5) is 22.2. The van der Waals surface area contributed by atoms with Crippen molar-refractivity contribution in [1.82, 2.24) is 34.7 Å². The van der Waals surface area contributed by atoms with Crippen LogP contribution in [0.2, 0.25) is 5.02 Å². The van der Waals surface area contributed by atoms with Gasteiger partial charge in [0.05, 0.1) is 17.6 Å². The lowest BCUT2D eigenvalue weighted by Crippen LogP contribution is -2.49. The van der Waals surface area contributed by atoms with Gasteiger partial charge in [-0.1, -0.05) is 35.9 Å². The van der Waals surface area contributed by atoms with E-state index in [9.17, 15) is 4.79 Å². The number of tetrazole rings is 1. The van der Waals surface area contributed by atoms with E-state index in [0.717, 1.165) is 35.6 Å². The maximum atomic E-state index is 13.2. The van der Waals surface area contributed by atoms with E-state index in [0.29, 0.717) is 31.1 Å². The molecule has 0 aliphatic carbocycles. The highest BCUT2D eigenvalue weighted by Crippen LogP contribution is 2.26. The second-order valence-electron chi connectivity index (χ2n) is 8.31. The number of amides is 1. The molecule has 0 radical (unpaired) electrons. The number of halogens is 1. The molecule has 1 unspecified atom stereocenters. The molecule has 1 amide bonds. The molecule has 0 spiro atoms. The summed E-state index contributed by atoms with van der Waals surface area (Å²) in [5.41, 5.74) is 3.14. The first-order valence-corrected chi connectivity index (χ1v) is 11.4. The lowest BCUT2D eigenvalue weighted by Gasteiger charge is -2.36. The summed E-state index contributed by atoms with van der Waals surface area (Å²) in [6, 6.07) is 15.8. The number of piperazine rings is 1. The molecule has 3 heterocycles. The monoisotopic (exact) mass is 464 g/mol. The van der Waals surface area contributed by atoms with Crippen molar-refractivity contribution in [2.75, 3.05) is 31.1 Å². The zero-order chi connectivity index (χ0) is 22.8. The fourth-order valence-electron chi connectivity index (χ4n) is 4.42. The van der Waals surface area contributed by atoms with Crippen LogP contribution in [0.4, 0.5) is 5.95 Å². The van der Waals surface area contributed by atoms with Crippen molar-refractivity contribution in [3.8, 4) is 0 Å². The van der Waals surface area contributed by atoms with Gasteiger partial charge in [-0.15, -0.1) is 5.10 Å². The van der Waals surface area contributed by atoms with Gasteiger partial charge in [-0.2, -0.15) is 0 Å². The van der Waals surface area contributed by atoms with Gasteiger partial charge >= 0.3 is 0 Å². The third-order valence-electron chi connectivity index (χ3n) is 6.24. The molecule has 2 aromatic heterocycles. The van der Waals surface area contributed by atoms with Crippen LogP contribution in [0.5, 0.6) is 0 Å². The van der Waals surface area contributed by atoms with Crippen LogP contribution < -0.4 is 4.90 Å². The fraction of sp³-hybridized carbons (Fsp3) is 0.348. The summed E-state index contributed by atoms with van der Waals surface area (Å²) in [5, 5.41) is 12.1. The topological polar surface area (TPSA) is 85.0 Å². The molecule has 10 heteroatoms. The number of carbonyl (C=O) groups excluding carboxylic acids is 1. The Morgan fingerprint density at radius 3 is 2.52 bits per heavy atom.